The number of nitrogens with zero attached hydrogens (tertiary/aromatic N) is 1. The molecule has 7 heteroatoms. The monoisotopic (exact) mass is 325 g/mol. The summed E-state index contributed by atoms with van der Waals surface area (Å²) in [5.74, 6) is 0.428. The van der Waals surface area contributed by atoms with E-state index in [0.29, 0.717) is 18.3 Å². The molecule has 23 heavy (non-hydrogen) atoms. The molecule has 4 atom stereocenters. The van der Waals surface area contributed by atoms with E-state index in [4.69, 9.17) is 18.9 Å². The summed E-state index contributed by atoms with van der Waals surface area (Å²) < 4.78 is 22.4. The summed E-state index contributed by atoms with van der Waals surface area (Å²) in [6.07, 6.45) is 0.950. The van der Waals surface area contributed by atoms with Crippen LogP contribution in [0, 0.1) is 0 Å². The fourth-order valence-electron chi connectivity index (χ4n) is 2.93. The molecule has 2 rings (SSSR count). The lowest BCUT2D eigenvalue weighted by Crippen LogP contribution is -2.49. The number of hydrogen-bond donors (Lipinski definition) is 1. The van der Waals surface area contributed by atoms with Crippen molar-refractivity contribution in [2.45, 2.75) is 51.0 Å². The minimum Gasteiger partial charge on any atom is -0.471 e. The van der Waals surface area contributed by atoms with E-state index in [1.165, 1.54) is 14.0 Å². The Morgan fingerprint density at radius 3 is 2.83 bits per heavy atom. The number of ether oxygens (including phenoxy) is 4. The van der Waals surface area contributed by atoms with Crippen molar-refractivity contribution in [2.75, 3.05) is 13.7 Å². The van der Waals surface area contributed by atoms with E-state index in [9.17, 15) is 9.90 Å². The highest BCUT2D eigenvalue weighted by atomic mass is 16.7. The van der Waals surface area contributed by atoms with Crippen molar-refractivity contribution in [2.24, 2.45) is 4.99 Å². The van der Waals surface area contributed by atoms with Gasteiger partial charge in [0.2, 0.25) is 0 Å². The van der Waals surface area contributed by atoms with E-state index in [1.54, 1.807) is 13.0 Å². The fraction of sp³-hybridized carbons (Fsp3) is 0.625. The highest BCUT2D eigenvalue weighted by Gasteiger charge is 2.49. The minimum absolute atomic E-state index is 0.135. The van der Waals surface area contributed by atoms with Gasteiger partial charge in [0.1, 0.15) is 12.1 Å². The topological polar surface area (TPSA) is 86.6 Å². The van der Waals surface area contributed by atoms with Crippen LogP contribution in [0.15, 0.2) is 29.2 Å². The zero-order valence-electron chi connectivity index (χ0n) is 13.7. The van der Waals surface area contributed by atoms with E-state index in [1.807, 2.05) is 0 Å². The van der Waals surface area contributed by atoms with Crippen LogP contribution in [0.2, 0.25) is 0 Å². The van der Waals surface area contributed by atoms with E-state index in [0.717, 1.165) is 5.57 Å². The van der Waals surface area contributed by atoms with E-state index in [2.05, 4.69) is 11.6 Å². The Balaban J connectivity index is 2.35. The second kappa shape index (κ2) is 7.50. The van der Waals surface area contributed by atoms with Gasteiger partial charge in [0.15, 0.2) is 18.1 Å². The Kier molecular flexibility index (Phi) is 5.65. The van der Waals surface area contributed by atoms with Gasteiger partial charge in [-0.15, -0.1) is 6.58 Å². The normalized spacial score (nSPS) is 27.3. The Morgan fingerprint density at radius 1 is 1.52 bits per heavy atom. The first-order valence-electron chi connectivity index (χ1n) is 7.55. The van der Waals surface area contributed by atoms with Crippen LogP contribution in [-0.2, 0) is 23.7 Å². The summed E-state index contributed by atoms with van der Waals surface area (Å²) in [5.41, 5.74) is 0.815. The summed E-state index contributed by atoms with van der Waals surface area (Å²) in [6, 6.07) is -0.361. The number of carbonyl (C=O) groups is 1. The number of fused-ring (bicyclic) bond motifs is 1. The number of carbonyl (C=O) groups excluding carboxylic acids is 1. The van der Waals surface area contributed by atoms with E-state index >= 15 is 0 Å². The minimum atomic E-state index is -0.640. The first-order chi connectivity index (χ1) is 11.0. The van der Waals surface area contributed by atoms with Crippen LogP contribution >= 0.6 is 0 Å². The number of allylic oxidation sites excluding steroid dienone is 1. The molecule has 0 amide bonds. The van der Waals surface area contributed by atoms with Crippen molar-refractivity contribution in [3.8, 4) is 0 Å². The molecule has 0 saturated carbocycles. The standard InChI is InChI=1S/C16H23NO6/c1-5-6-11-14-13(17-9(2)21-14)15(23-16(11)20-4)12(7-8-18)22-10(3)19/h5,12-15,18H,1,6-8H2,2-4H3. The zero-order chi connectivity index (χ0) is 17.0. The quantitative estimate of drug-likeness (QED) is 0.561. The predicted octanol–water partition coefficient (Wildman–Crippen LogP) is 1.32. The second-order valence-electron chi connectivity index (χ2n) is 5.43. The highest BCUT2D eigenvalue weighted by Crippen LogP contribution is 2.37. The van der Waals surface area contributed by atoms with Gasteiger partial charge in [0, 0.05) is 26.9 Å². The van der Waals surface area contributed by atoms with Crippen LogP contribution in [0.5, 0.6) is 0 Å². The lowest BCUT2D eigenvalue weighted by atomic mass is 9.90. The molecule has 0 aromatic heterocycles. The van der Waals surface area contributed by atoms with Crippen molar-refractivity contribution in [1.29, 1.82) is 0 Å². The van der Waals surface area contributed by atoms with Gasteiger partial charge in [-0.3, -0.25) is 4.79 Å². The number of hydrogen-bond acceptors (Lipinski definition) is 7. The molecule has 2 heterocycles. The van der Waals surface area contributed by atoms with Gasteiger partial charge in [0.25, 0.3) is 5.95 Å². The lowest BCUT2D eigenvalue weighted by molar-refractivity contribution is -0.161. The summed E-state index contributed by atoms with van der Waals surface area (Å²) in [6.45, 7) is 6.69. The number of aliphatic hydroxyl groups excluding tert-OH is 1. The van der Waals surface area contributed by atoms with Crippen LogP contribution < -0.4 is 0 Å². The average molecular weight is 325 g/mol. The van der Waals surface area contributed by atoms with Crippen LogP contribution in [0.25, 0.3) is 0 Å². The molecular weight excluding hydrogens is 302 g/mol. The smallest absolute Gasteiger partial charge is 0.303 e. The highest BCUT2D eigenvalue weighted by molar-refractivity contribution is 5.76. The number of esters is 1. The van der Waals surface area contributed by atoms with Gasteiger partial charge in [-0.2, -0.15) is 0 Å². The van der Waals surface area contributed by atoms with Crippen LogP contribution in [0.4, 0.5) is 0 Å². The molecule has 0 bridgehead atoms. The molecule has 0 fully saturated rings. The molecule has 0 spiro atoms. The van der Waals surface area contributed by atoms with Crippen molar-refractivity contribution in [3.63, 3.8) is 0 Å². The first-order valence-corrected chi connectivity index (χ1v) is 7.55. The summed E-state index contributed by atoms with van der Waals surface area (Å²) in [4.78, 5) is 15.8. The van der Waals surface area contributed by atoms with Gasteiger partial charge in [-0.05, 0) is 6.42 Å². The number of rotatable bonds is 7. The van der Waals surface area contributed by atoms with E-state index < -0.39 is 18.2 Å². The average Bonchev–Trinajstić information content (AvgIpc) is 2.88. The SMILES string of the molecule is C=CCC1=C(OC)OC(C(CCO)OC(C)=O)C2N=C(C)OC12. The third-order valence-electron chi connectivity index (χ3n) is 3.77. The van der Waals surface area contributed by atoms with Gasteiger partial charge < -0.3 is 24.1 Å². The molecule has 0 aromatic carbocycles. The van der Waals surface area contributed by atoms with Gasteiger partial charge in [-0.25, -0.2) is 4.99 Å². The van der Waals surface area contributed by atoms with Crippen LogP contribution in [-0.4, -0.2) is 55.0 Å². The maximum Gasteiger partial charge on any atom is 0.303 e. The summed E-state index contributed by atoms with van der Waals surface area (Å²) in [5, 5.41) is 9.26. The van der Waals surface area contributed by atoms with E-state index in [-0.39, 0.29) is 25.2 Å². The number of methoxy groups -OCH3 is 1. The number of aliphatic hydroxyl groups is 1. The molecule has 1 N–H and O–H groups in total. The molecule has 0 aliphatic carbocycles. The molecule has 2 aliphatic rings. The van der Waals surface area contributed by atoms with Gasteiger partial charge >= 0.3 is 5.97 Å². The maximum absolute atomic E-state index is 11.4. The predicted molar refractivity (Wildman–Crippen MR) is 82.7 cm³/mol. The van der Waals surface area contributed by atoms with Gasteiger partial charge in [-0.1, -0.05) is 6.08 Å². The first kappa shape index (κ1) is 17.3. The van der Waals surface area contributed by atoms with Crippen molar-refractivity contribution in [3.05, 3.63) is 24.2 Å². The van der Waals surface area contributed by atoms with Crippen LogP contribution in [0.3, 0.4) is 0 Å². The maximum atomic E-state index is 11.4. The summed E-state index contributed by atoms with van der Waals surface area (Å²) >= 11 is 0. The second-order valence-corrected chi connectivity index (χ2v) is 5.43. The third-order valence-corrected chi connectivity index (χ3v) is 3.77. The molecule has 2 aliphatic heterocycles. The molecule has 0 saturated heterocycles. The molecule has 0 radical (unpaired) electrons. The Bertz CT molecular complexity index is 527. The van der Waals surface area contributed by atoms with Crippen molar-refractivity contribution < 1.29 is 28.8 Å². The third kappa shape index (κ3) is 3.67. The Labute approximate surface area is 135 Å². The Hall–Kier alpha value is -2.02. The summed E-state index contributed by atoms with van der Waals surface area (Å²) in [7, 11) is 1.51. The van der Waals surface area contributed by atoms with Crippen molar-refractivity contribution in [1.82, 2.24) is 0 Å². The molecule has 7 nitrogen and oxygen atoms in total. The number of aliphatic imine (C=N–C) groups is 1. The molecular formula is C16H23NO6. The fourth-order valence-corrected chi connectivity index (χ4v) is 2.93. The molecule has 4 unspecified atom stereocenters. The largest absolute Gasteiger partial charge is 0.471 e. The Morgan fingerprint density at radius 2 is 2.26 bits per heavy atom. The molecule has 128 valence electrons. The van der Waals surface area contributed by atoms with Gasteiger partial charge in [0.05, 0.1) is 12.7 Å². The van der Waals surface area contributed by atoms with Crippen LogP contribution in [0.1, 0.15) is 26.7 Å². The molecule has 0 aromatic rings. The van der Waals surface area contributed by atoms with Crippen molar-refractivity contribution >= 4 is 11.9 Å². The zero-order valence-corrected chi connectivity index (χ0v) is 13.7. The lowest BCUT2D eigenvalue weighted by Gasteiger charge is -2.37.